The van der Waals surface area contributed by atoms with Crippen LogP contribution in [-0.4, -0.2) is 38.8 Å². The zero-order chi connectivity index (χ0) is 17.9. The molecule has 0 radical (unpaired) electrons. The van der Waals surface area contributed by atoms with Gasteiger partial charge in [0.25, 0.3) is 0 Å². The fourth-order valence-corrected chi connectivity index (χ4v) is 3.65. The molecule has 2 unspecified atom stereocenters. The van der Waals surface area contributed by atoms with Crippen LogP contribution in [0.3, 0.4) is 0 Å². The molecule has 1 aliphatic heterocycles. The highest BCUT2D eigenvalue weighted by Gasteiger charge is 2.34. The van der Waals surface area contributed by atoms with Crippen molar-refractivity contribution in [2.75, 3.05) is 27.8 Å². The predicted molar refractivity (Wildman–Crippen MR) is 103 cm³/mol. The maximum Gasteiger partial charge on any atom is 0.160 e. The highest BCUT2D eigenvalue weighted by molar-refractivity contribution is 5.39. The fraction of sp³-hybridized carbons (Fsp3) is 0.619. The number of likely N-dealkylation sites (tertiary alicyclic amines) is 1. The van der Waals surface area contributed by atoms with E-state index in [0.29, 0.717) is 0 Å². The summed E-state index contributed by atoms with van der Waals surface area (Å²) < 4.78 is 10.0. The van der Waals surface area contributed by atoms with Crippen LogP contribution in [0.2, 0.25) is 0 Å². The van der Waals surface area contributed by atoms with Crippen LogP contribution in [0.15, 0.2) is 35.9 Å². The molecule has 1 aromatic rings. The predicted octanol–water partition coefficient (Wildman–Crippen LogP) is 5.17. The molecule has 1 saturated heterocycles. The first-order chi connectivity index (χ1) is 11.7. The summed E-state index contributed by atoms with van der Waals surface area (Å²) in [4.78, 5) is 2.55. The lowest BCUT2D eigenvalue weighted by molar-refractivity contribution is 0.263. The molecule has 3 heteroatoms. The van der Waals surface area contributed by atoms with Gasteiger partial charge in [0.1, 0.15) is 0 Å². The van der Waals surface area contributed by atoms with E-state index < -0.39 is 0 Å². The zero-order valence-electron chi connectivity index (χ0n) is 16.3. The SMILES string of the molecule is CC.CCC1=CCCC2C1CCN2C.COc1ccccc1OC. The third kappa shape index (κ3) is 5.27. The number of hydrogen-bond acceptors (Lipinski definition) is 3. The smallest absolute Gasteiger partial charge is 0.160 e. The fourth-order valence-electron chi connectivity index (χ4n) is 3.65. The summed E-state index contributed by atoms with van der Waals surface area (Å²) in [5, 5.41) is 0. The second-order valence-electron chi connectivity index (χ2n) is 6.01. The maximum atomic E-state index is 5.01. The van der Waals surface area contributed by atoms with Gasteiger partial charge in [0, 0.05) is 6.04 Å². The van der Waals surface area contributed by atoms with E-state index in [9.17, 15) is 0 Å². The zero-order valence-corrected chi connectivity index (χ0v) is 16.3. The van der Waals surface area contributed by atoms with Crippen LogP contribution in [0, 0.1) is 5.92 Å². The van der Waals surface area contributed by atoms with Crippen LogP contribution in [0.4, 0.5) is 0 Å². The number of allylic oxidation sites excluding steroid dienone is 1. The van der Waals surface area contributed by atoms with Crippen LogP contribution in [0.25, 0.3) is 0 Å². The average molecular weight is 334 g/mol. The first kappa shape index (κ1) is 20.6. The standard InChI is InChI=1S/C11H19N.C8H10O2.C2H6/c1-3-9-5-4-6-11-10(9)7-8-12(11)2;1-9-7-5-3-4-6-8(7)10-2;1-2/h5,10-11H,3-4,6-8H2,1-2H3;3-6H,1-2H3;1-2H3. The molecule has 3 nitrogen and oxygen atoms in total. The number of hydrogen-bond donors (Lipinski definition) is 0. The Balaban J connectivity index is 0.000000221. The Morgan fingerprint density at radius 1 is 1.04 bits per heavy atom. The Bertz CT molecular complexity index is 475. The molecular weight excluding hydrogens is 298 g/mol. The Morgan fingerprint density at radius 2 is 1.62 bits per heavy atom. The molecule has 1 fully saturated rings. The van der Waals surface area contributed by atoms with Gasteiger partial charge in [-0.1, -0.05) is 44.6 Å². The number of nitrogens with zero attached hydrogens (tertiary/aromatic N) is 1. The first-order valence-electron chi connectivity index (χ1n) is 9.27. The number of rotatable bonds is 3. The third-order valence-electron chi connectivity index (χ3n) is 4.87. The molecule has 2 aliphatic rings. The number of ether oxygens (including phenoxy) is 2. The van der Waals surface area contributed by atoms with Crippen molar-refractivity contribution in [3.63, 3.8) is 0 Å². The van der Waals surface area contributed by atoms with Crippen molar-refractivity contribution in [2.45, 2.75) is 52.5 Å². The minimum absolute atomic E-state index is 0.769. The number of para-hydroxylation sites is 2. The van der Waals surface area contributed by atoms with Crippen molar-refractivity contribution in [2.24, 2.45) is 5.92 Å². The summed E-state index contributed by atoms with van der Waals surface area (Å²) in [6.07, 6.45) is 7.87. The van der Waals surface area contributed by atoms with Crippen molar-refractivity contribution in [3.05, 3.63) is 35.9 Å². The Kier molecular flexibility index (Phi) is 9.55. The molecule has 1 aliphatic carbocycles. The minimum atomic E-state index is 0.769. The lowest BCUT2D eigenvalue weighted by Gasteiger charge is -2.29. The van der Waals surface area contributed by atoms with Crippen molar-refractivity contribution < 1.29 is 9.47 Å². The molecule has 3 rings (SSSR count). The van der Waals surface area contributed by atoms with Gasteiger partial charge in [-0.15, -0.1) is 0 Å². The third-order valence-corrected chi connectivity index (χ3v) is 4.87. The highest BCUT2D eigenvalue weighted by Crippen LogP contribution is 2.37. The molecular formula is C21H35NO2. The molecule has 2 atom stereocenters. The van der Waals surface area contributed by atoms with Crippen molar-refractivity contribution in [1.82, 2.24) is 4.90 Å². The van der Waals surface area contributed by atoms with Gasteiger partial charge in [-0.3, -0.25) is 0 Å². The van der Waals surface area contributed by atoms with Crippen LogP contribution >= 0.6 is 0 Å². The lowest BCUT2D eigenvalue weighted by Crippen LogP contribution is -2.31. The van der Waals surface area contributed by atoms with Gasteiger partial charge >= 0.3 is 0 Å². The molecule has 0 saturated carbocycles. The van der Waals surface area contributed by atoms with E-state index in [0.717, 1.165) is 23.5 Å². The summed E-state index contributed by atoms with van der Waals surface area (Å²) in [5.74, 6) is 2.45. The van der Waals surface area contributed by atoms with Crippen molar-refractivity contribution in [3.8, 4) is 11.5 Å². The molecule has 0 amide bonds. The maximum absolute atomic E-state index is 5.01. The van der Waals surface area contributed by atoms with Crippen LogP contribution in [0.5, 0.6) is 11.5 Å². The largest absolute Gasteiger partial charge is 0.493 e. The molecule has 0 spiro atoms. The molecule has 0 N–H and O–H groups in total. The van der Waals surface area contributed by atoms with Gasteiger partial charge in [0.15, 0.2) is 11.5 Å². The number of methoxy groups -OCH3 is 2. The van der Waals surface area contributed by atoms with Crippen molar-refractivity contribution in [1.29, 1.82) is 0 Å². The van der Waals surface area contributed by atoms with E-state index in [1.54, 1.807) is 19.8 Å². The quantitative estimate of drug-likeness (QED) is 0.713. The second-order valence-corrected chi connectivity index (χ2v) is 6.01. The van der Waals surface area contributed by atoms with E-state index in [1.807, 2.05) is 38.1 Å². The molecule has 24 heavy (non-hydrogen) atoms. The van der Waals surface area contributed by atoms with E-state index >= 15 is 0 Å². The van der Waals surface area contributed by atoms with Gasteiger partial charge in [-0.05, 0) is 57.3 Å². The second kappa shape index (κ2) is 11.1. The van der Waals surface area contributed by atoms with E-state index in [2.05, 4.69) is 24.9 Å². The Labute approximate surface area is 148 Å². The summed E-state index contributed by atoms with van der Waals surface area (Å²) in [5.41, 5.74) is 1.73. The average Bonchev–Trinajstić information content (AvgIpc) is 3.05. The van der Waals surface area contributed by atoms with Gasteiger partial charge < -0.3 is 14.4 Å². The van der Waals surface area contributed by atoms with Gasteiger partial charge in [-0.25, -0.2) is 0 Å². The van der Waals surface area contributed by atoms with E-state index in [-0.39, 0.29) is 0 Å². The normalized spacial score (nSPS) is 22.2. The van der Waals surface area contributed by atoms with Gasteiger partial charge in [0.05, 0.1) is 14.2 Å². The van der Waals surface area contributed by atoms with Crippen LogP contribution < -0.4 is 9.47 Å². The lowest BCUT2D eigenvalue weighted by atomic mass is 9.83. The summed E-state index contributed by atoms with van der Waals surface area (Å²) in [6, 6.07) is 8.41. The molecule has 0 aromatic heterocycles. The number of fused-ring (bicyclic) bond motifs is 1. The van der Waals surface area contributed by atoms with Crippen LogP contribution in [0.1, 0.15) is 46.5 Å². The van der Waals surface area contributed by atoms with Gasteiger partial charge in [0.2, 0.25) is 0 Å². The molecule has 136 valence electrons. The molecule has 1 heterocycles. The molecule has 1 aromatic carbocycles. The number of benzene rings is 1. The van der Waals surface area contributed by atoms with Crippen LogP contribution in [-0.2, 0) is 0 Å². The summed E-state index contributed by atoms with van der Waals surface area (Å²) in [7, 11) is 5.53. The molecule has 0 bridgehead atoms. The minimum Gasteiger partial charge on any atom is -0.493 e. The summed E-state index contributed by atoms with van der Waals surface area (Å²) in [6.45, 7) is 7.61. The summed E-state index contributed by atoms with van der Waals surface area (Å²) >= 11 is 0. The van der Waals surface area contributed by atoms with E-state index in [1.165, 1.54) is 32.2 Å². The monoisotopic (exact) mass is 333 g/mol. The Hall–Kier alpha value is -1.48. The first-order valence-corrected chi connectivity index (χ1v) is 9.27. The van der Waals surface area contributed by atoms with E-state index in [4.69, 9.17) is 9.47 Å². The highest BCUT2D eigenvalue weighted by atomic mass is 16.5. The topological polar surface area (TPSA) is 21.7 Å². The van der Waals surface area contributed by atoms with Gasteiger partial charge in [-0.2, -0.15) is 0 Å². The van der Waals surface area contributed by atoms with Crippen molar-refractivity contribution >= 4 is 0 Å². The Morgan fingerprint density at radius 3 is 2.12 bits per heavy atom.